The summed E-state index contributed by atoms with van der Waals surface area (Å²) in [5.41, 5.74) is 6.00. The van der Waals surface area contributed by atoms with Crippen LogP contribution in [0.15, 0.2) is 42.5 Å². The number of nitrogens with two attached hydrogens (primary N) is 1. The van der Waals surface area contributed by atoms with Gasteiger partial charge in [-0.05, 0) is 47.7 Å². The molecule has 11 nitrogen and oxygen atoms in total. The molecule has 0 aliphatic heterocycles. The third-order valence-electron chi connectivity index (χ3n) is 4.22. The number of primary amides is 1. The highest BCUT2D eigenvalue weighted by Gasteiger charge is 2.10. The molecule has 3 rings (SSSR count). The topological polar surface area (TPSA) is 158 Å². The number of phenols is 1. The lowest BCUT2D eigenvalue weighted by atomic mass is 10.2. The molecule has 2 aromatic carbocycles. The average molecular weight is 428 g/mol. The molecule has 1 atom stereocenters. The lowest BCUT2D eigenvalue weighted by Gasteiger charge is -2.14. The van der Waals surface area contributed by atoms with Gasteiger partial charge in [-0.2, -0.15) is 4.80 Å². The van der Waals surface area contributed by atoms with Crippen LogP contribution in [0.2, 0.25) is 0 Å². The third-order valence-corrected chi connectivity index (χ3v) is 4.22. The molecule has 3 aromatic rings. The van der Waals surface area contributed by atoms with Gasteiger partial charge in [0.25, 0.3) is 5.91 Å². The fourth-order valence-corrected chi connectivity index (χ4v) is 2.66. The number of aliphatic hydroxyl groups excluding tert-OH is 1. The van der Waals surface area contributed by atoms with Crippen LogP contribution in [0.25, 0.3) is 11.4 Å². The molecule has 0 radical (unpaired) electrons. The van der Waals surface area contributed by atoms with Gasteiger partial charge >= 0.3 is 0 Å². The van der Waals surface area contributed by atoms with Crippen LogP contribution < -0.4 is 20.5 Å². The third kappa shape index (κ3) is 6.39. The molecule has 0 fully saturated rings. The first-order valence-corrected chi connectivity index (χ1v) is 9.54. The van der Waals surface area contributed by atoms with Crippen molar-refractivity contribution in [1.82, 2.24) is 25.5 Å². The van der Waals surface area contributed by atoms with E-state index in [1.165, 1.54) is 23.0 Å². The quantitative estimate of drug-likeness (QED) is 0.311. The van der Waals surface area contributed by atoms with Crippen LogP contribution in [0.5, 0.6) is 17.2 Å². The number of hydrogen-bond acceptors (Lipinski definition) is 9. The number of rotatable bonds is 11. The highest BCUT2D eigenvalue weighted by molar-refractivity contribution is 5.95. The fourth-order valence-electron chi connectivity index (χ4n) is 2.66. The van der Waals surface area contributed by atoms with Crippen molar-refractivity contribution in [3.63, 3.8) is 0 Å². The van der Waals surface area contributed by atoms with E-state index in [4.69, 9.17) is 15.2 Å². The molecule has 164 valence electrons. The van der Waals surface area contributed by atoms with E-state index in [0.717, 1.165) is 5.56 Å². The Balaban J connectivity index is 1.34. The van der Waals surface area contributed by atoms with Gasteiger partial charge in [0.15, 0.2) is 0 Å². The number of carbonyl (C=O) groups excluding carboxylic acids is 1. The molecule has 1 heterocycles. The molecule has 31 heavy (non-hydrogen) atoms. The van der Waals surface area contributed by atoms with Crippen molar-refractivity contribution >= 4 is 5.91 Å². The Bertz CT molecular complexity index is 1010. The Morgan fingerprint density at radius 2 is 1.94 bits per heavy atom. The van der Waals surface area contributed by atoms with Crippen LogP contribution >= 0.6 is 0 Å². The summed E-state index contributed by atoms with van der Waals surface area (Å²) < 4.78 is 11.1. The summed E-state index contributed by atoms with van der Waals surface area (Å²) in [7, 11) is 1.70. The predicted molar refractivity (Wildman–Crippen MR) is 111 cm³/mol. The van der Waals surface area contributed by atoms with E-state index >= 15 is 0 Å². The summed E-state index contributed by atoms with van der Waals surface area (Å²) in [5, 5.41) is 34.5. The highest BCUT2D eigenvalue weighted by Crippen LogP contribution is 2.22. The number of ether oxygens (including phenoxy) is 2. The monoisotopic (exact) mass is 428 g/mol. The van der Waals surface area contributed by atoms with Gasteiger partial charge in [-0.15, -0.1) is 10.2 Å². The van der Waals surface area contributed by atoms with Crippen LogP contribution in [0, 0.1) is 0 Å². The van der Waals surface area contributed by atoms with Gasteiger partial charge in [-0.25, -0.2) is 0 Å². The lowest BCUT2D eigenvalue weighted by molar-refractivity contribution is 0.0996. The number of aromatic nitrogens is 4. The van der Waals surface area contributed by atoms with Gasteiger partial charge < -0.3 is 30.7 Å². The number of hydrogen-bond donors (Lipinski definition) is 4. The molecule has 5 N–H and O–H groups in total. The molecule has 1 aromatic heterocycles. The van der Waals surface area contributed by atoms with Crippen molar-refractivity contribution in [1.29, 1.82) is 0 Å². The first kappa shape index (κ1) is 22.0. The highest BCUT2D eigenvalue weighted by atomic mass is 16.5. The van der Waals surface area contributed by atoms with Gasteiger partial charge in [0.1, 0.15) is 36.6 Å². The van der Waals surface area contributed by atoms with Crippen molar-refractivity contribution in [2.75, 3.05) is 26.3 Å². The Kier molecular flexibility index (Phi) is 7.35. The summed E-state index contributed by atoms with van der Waals surface area (Å²) in [5.74, 6) is 0.633. The van der Waals surface area contributed by atoms with E-state index in [1.54, 1.807) is 19.2 Å². The van der Waals surface area contributed by atoms with Gasteiger partial charge in [0, 0.05) is 18.7 Å². The molecule has 0 aliphatic carbocycles. The molecule has 11 heteroatoms. The van der Waals surface area contributed by atoms with Gasteiger partial charge in [0.2, 0.25) is 5.82 Å². The maximum atomic E-state index is 11.2. The van der Waals surface area contributed by atoms with Gasteiger partial charge in [-0.3, -0.25) is 4.79 Å². The number of nitrogens with zero attached hydrogens (tertiary/aromatic N) is 4. The second kappa shape index (κ2) is 10.4. The zero-order valence-electron chi connectivity index (χ0n) is 16.9. The summed E-state index contributed by atoms with van der Waals surface area (Å²) in [4.78, 5) is 12.6. The summed E-state index contributed by atoms with van der Waals surface area (Å²) in [6, 6.07) is 11.5. The number of aliphatic hydroxyl groups is 1. The van der Waals surface area contributed by atoms with Crippen LogP contribution in [0.4, 0.5) is 0 Å². The molecular weight excluding hydrogens is 404 g/mol. The predicted octanol–water partition coefficient (Wildman–Crippen LogP) is 0.0899. The van der Waals surface area contributed by atoms with Crippen LogP contribution in [0.1, 0.15) is 10.4 Å². The number of aryl methyl sites for hydroxylation is 1. The Labute approximate surface area is 178 Å². The fraction of sp³-hybridized carbons (Fsp3) is 0.300. The van der Waals surface area contributed by atoms with Crippen LogP contribution in [-0.2, 0) is 7.05 Å². The molecule has 0 aliphatic rings. The molecule has 0 spiro atoms. The minimum absolute atomic E-state index is 0.000904. The van der Waals surface area contributed by atoms with E-state index in [1.807, 2.05) is 12.1 Å². The first-order chi connectivity index (χ1) is 14.9. The second-order valence-electron chi connectivity index (χ2n) is 6.69. The molecule has 0 saturated carbocycles. The number of nitrogens with one attached hydrogen (secondary N) is 1. The zero-order chi connectivity index (χ0) is 22.2. The zero-order valence-corrected chi connectivity index (χ0v) is 16.9. The summed E-state index contributed by atoms with van der Waals surface area (Å²) in [6.45, 7) is 1.20. The average Bonchev–Trinajstić information content (AvgIpc) is 3.19. The smallest absolute Gasteiger partial charge is 0.252 e. The Hall–Kier alpha value is -3.70. The van der Waals surface area contributed by atoms with E-state index in [-0.39, 0.29) is 17.9 Å². The molecule has 0 bridgehead atoms. The summed E-state index contributed by atoms with van der Waals surface area (Å²) in [6.07, 6.45) is -0.712. The molecule has 1 amide bonds. The number of tetrazole rings is 1. The van der Waals surface area contributed by atoms with Gasteiger partial charge in [-0.1, -0.05) is 0 Å². The largest absolute Gasteiger partial charge is 0.507 e. The Morgan fingerprint density at radius 1 is 1.19 bits per heavy atom. The number of carbonyl (C=O) groups is 1. The van der Waals surface area contributed by atoms with Crippen molar-refractivity contribution in [3.8, 4) is 28.6 Å². The van der Waals surface area contributed by atoms with E-state index in [0.29, 0.717) is 37.0 Å². The van der Waals surface area contributed by atoms with E-state index in [2.05, 4.69) is 20.7 Å². The van der Waals surface area contributed by atoms with Crippen LogP contribution in [-0.4, -0.2) is 68.7 Å². The van der Waals surface area contributed by atoms with Crippen LogP contribution in [0.3, 0.4) is 0 Å². The van der Waals surface area contributed by atoms with E-state index < -0.39 is 12.0 Å². The standard InChI is InChI=1S/C20H24N6O5/c1-26-24-20(23-25-26)13-2-4-15(5-3-13)31-12-14(27)11-22-8-9-30-16-6-7-18(28)17(10-16)19(21)29/h2-7,10,14,22,27-28H,8-9,11-12H2,1H3,(H2,21,29). The van der Waals surface area contributed by atoms with Crippen molar-refractivity contribution in [3.05, 3.63) is 48.0 Å². The first-order valence-electron chi connectivity index (χ1n) is 9.54. The number of benzene rings is 2. The normalized spacial score (nSPS) is 11.8. The maximum Gasteiger partial charge on any atom is 0.252 e. The van der Waals surface area contributed by atoms with Gasteiger partial charge in [0.05, 0.1) is 12.6 Å². The SMILES string of the molecule is Cn1nnc(-c2ccc(OCC(O)CNCCOc3ccc(O)c(C(N)=O)c3)cc2)n1. The Morgan fingerprint density at radius 3 is 2.61 bits per heavy atom. The molecular formula is C20H24N6O5. The minimum Gasteiger partial charge on any atom is -0.507 e. The van der Waals surface area contributed by atoms with E-state index in [9.17, 15) is 15.0 Å². The number of amides is 1. The van der Waals surface area contributed by atoms with Crippen molar-refractivity contribution < 1.29 is 24.5 Å². The summed E-state index contributed by atoms with van der Waals surface area (Å²) >= 11 is 0. The second-order valence-corrected chi connectivity index (χ2v) is 6.69. The van der Waals surface area contributed by atoms with Crippen molar-refractivity contribution in [2.24, 2.45) is 12.8 Å². The lowest BCUT2D eigenvalue weighted by Crippen LogP contribution is -2.33. The molecule has 0 saturated heterocycles. The minimum atomic E-state index is -0.732. The van der Waals surface area contributed by atoms with Crippen molar-refractivity contribution in [2.45, 2.75) is 6.10 Å². The number of aromatic hydroxyl groups is 1. The molecule has 1 unspecified atom stereocenters. The maximum absolute atomic E-state index is 11.2.